The van der Waals surface area contributed by atoms with Crippen LogP contribution in [0.4, 0.5) is 0 Å². The van der Waals surface area contributed by atoms with Crippen molar-refractivity contribution in [1.29, 1.82) is 0 Å². The van der Waals surface area contributed by atoms with Gasteiger partial charge in [0.1, 0.15) is 34.0 Å². The molecule has 0 spiro atoms. The molecule has 0 aliphatic carbocycles. The predicted octanol–water partition coefficient (Wildman–Crippen LogP) is 3.97. The van der Waals surface area contributed by atoms with Gasteiger partial charge in [-0.25, -0.2) is 9.50 Å². The number of carbonyl (C=O) groups excluding carboxylic acids is 2. The molecule has 40 heavy (non-hydrogen) atoms. The Morgan fingerprint density at radius 2 is 2.00 bits per heavy atom. The van der Waals surface area contributed by atoms with Gasteiger partial charge < -0.3 is 28.7 Å². The van der Waals surface area contributed by atoms with E-state index in [9.17, 15) is 9.59 Å². The molecule has 5 aromatic rings. The van der Waals surface area contributed by atoms with Crippen LogP contribution in [0.15, 0.2) is 53.5 Å². The molecule has 0 saturated carbocycles. The maximum absolute atomic E-state index is 13.7. The zero-order valence-corrected chi connectivity index (χ0v) is 23.0. The van der Waals surface area contributed by atoms with Crippen molar-refractivity contribution in [2.24, 2.45) is 7.05 Å². The van der Waals surface area contributed by atoms with E-state index in [0.717, 1.165) is 11.4 Å². The van der Waals surface area contributed by atoms with Crippen LogP contribution >= 0.6 is 0 Å². The van der Waals surface area contributed by atoms with E-state index < -0.39 is 5.60 Å². The fourth-order valence-electron chi connectivity index (χ4n) is 5.69. The summed E-state index contributed by atoms with van der Waals surface area (Å²) in [6.07, 6.45) is 7.63. The maximum Gasteiger partial charge on any atom is 0.255 e. The Morgan fingerprint density at radius 3 is 2.73 bits per heavy atom. The first-order chi connectivity index (χ1) is 19.3. The van der Waals surface area contributed by atoms with Crippen molar-refractivity contribution >= 4 is 28.3 Å². The van der Waals surface area contributed by atoms with Crippen LogP contribution in [0.3, 0.4) is 0 Å². The highest BCUT2D eigenvalue weighted by Crippen LogP contribution is 2.37. The molecule has 6 rings (SSSR count). The summed E-state index contributed by atoms with van der Waals surface area (Å²) in [5.74, 6) is 2.10. The zero-order valence-electron chi connectivity index (χ0n) is 23.0. The number of imidazole rings is 1. The number of nitrogens with one attached hydrogen (secondary N) is 1. The van der Waals surface area contributed by atoms with E-state index in [2.05, 4.69) is 15.4 Å². The molecule has 1 fully saturated rings. The summed E-state index contributed by atoms with van der Waals surface area (Å²) < 4.78 is 21.6. The van der Waals surface area contributed by atoms with Gasteiger partial charge >= 0.3 is 0 Å². The van der Waals surface area contributed by atoms with Crippen LogP contribution in [-0.2, 0) is 17.4 Å². The number of carbonyl (C=O) groups is 2. The number of fused-ring (bicyclic) bond motifs is 2. The van der Waals surface area contributed by atoms with Crippen LogP contribution in [0.25, 0.3) is 16.5 Å². The average Bonchev–Trinajstić information content (AvgIpc) is 3.72. The number of nitrogens with zero attached hydrogens (tertiary/aromatic N) is 5. The Morgan fingerprint density at radius 1 is 1.18 bits per heavy atom. The SMILES string of the molecule is CNC(=O)c1c(C)oc2cc(Oc3ccnn4cc(C(=O)N5CC[C@](OC)(c6nccn6C)C5)c(C)c34)ccc12. The summed E-state index contributed by atoms with van der Waals surface area (Å²) in [7, 11) is 5.18. The number of rotatable bonds is 6. The molecule has 1 aliphatic heterocycles. The first kappa shape index (κ1) is 25.6. The van der Waals surface area contributed by atoms with Crippen molar-refractivity contribution in [3.8, 4) is 11.5 Å². The fourth-order valence-corrected chi connectivity index (χ4v) is 5.69. The van der Waals surface area contributed by atoms with Crippen LogP contribution in [0.2, 0.25) is 0 Å². The summed E-state index contributed by atoms with van der Waals surface area (Å²) in [6, 6.07) is 7.11. The van der Waals surface area contributed by atoms with Gasteiger partial charge in [-0.15, -0.1) is 0 Å². The lowest BCUT2D eigenvalue weighted by Crippen LogP contribution is -2.37. The van der Waals surface area contributed by atoms with Crippen molar-refractivity contribution in [3.63, 3.8) is 0 Å². The van der Waals surface area contributed by atoms with Crippen molar-refractivity contribution < 1.29 is 23.5 Å². The Hall–Kier alpha value is -4.64. The molecule has 206 valence electrons. The fraction of sp³-hybridized carbons (Fsp3) is 0.310. The minimum atomic E-state index is -0.659. The molecular formula is C29H30N6O5. The summed E-state index contributed by atoms with van der Waals surface area (Å²) in [5.41, 5.74) is 2.38. The number of amides is 2. The number of likely N-dealkylation sites (tertiary alicyclic amines) is 1. The summed E-state index contributed by atoms with van der Waals surface area (Å²) in [5, 5.41) is 7.79. The molecule has 4 aromatic heterocycles. The van der Waals surface area contributed by atoms with E-state index in [1.807, 2.05) is 24.7 Å². The van der Waals surface area contributed by atoms with Crippen LogP contribution in [-0.4, -0.2) is 63.1 Å². The Bertz CT molecular complexity index is 1780. The molecule has 1 aromatic carbocycles. The standard InChI is InChI=1S/C29H30N6O5/c1-17-21(27(37)34-12-9-29(16-34,38-5)28-31-11-13-33(28)4)15-35-25(17)22(8-10-32-35)40-19-6-7-20-23(14-19)39-18(2)24(20)26(36)30-3/h6-8,10-11,13-15H,9,12,16H2,1-5H3,(H,30,36)/t29-/m1/s1. The second-order valence-electron chi connectivity index (χ2n) is 10.1. The van der Waals surface area contributed by atoms with Crippen molar-refractivity contribution in [1.82, 2.24) is 29.4 Å². The second kappa shape index (κ2) is 9.53. The molecular weight excluding hydrogens is 512 g/mol. The number of benzene rings is 1. The number of furan rings is 1. The van der Waals surface area contributed by atoms with Gasteiger partial charge in [0.2, 0.25) is 0 Å². The number of methoxy groups -OCH3 is 1. The third kappa shape index (κ3) is 3.92. The molecule has 1 aliphatic rings. The monoisotopic (exact) mass is 542 g/mol. The van der Waals surface area contributed by atoms with Crippen LogP contribution in [0.5, 0.6) is 11.5 Å². The van der Waals surface area contributed by atoms with Gasteiger partial charge in [0.25, 0.3) is 11.8 Å². The van der Waals surface area contributed by atoms with Gasteiger partial charge in [-0.2, -0.15) is 5.10 Å². The Kier molecular flexibility index (Phi) is 6.10. The van der Waals surface area contributed by atoms with Crippen molar-refractivity contribution in [2.45, 2.75) is 25.9 Å². The Labute approximate surface area is 230 Å². The van der Waals surface area contributed by atoms with E-state index in [4.69, 9.17) is 13.9 Å². The predicted molar refractivity (Wildman–Crippen MR) is 147 cm³/mol. The lowest BCUT2D eigenvalue weighted by atomic mass is 10.0. The van der Waals surface area contributed by atoms with Crippen LogP contribution in [0.1, 0.15) is 44.3 Å². The minimum absolute atomic E-state index is 0.101. The van der Waals surface area contributed by atoms with Crippen LogP contribution < -0.4 is 10.1 Å². The maximum atomic E-state index is 13.7. The highest BCUT2D eigenvalue weighted by molar-refractivity contribution is 6.07. The van der Waals surface area contributed by atoms with Crippen molar-refractivity contribution in [3.05, 3.63) is 77.3 Å². The number of aryl methyl sites for hydroxylation is 3. The van der Waals surface area contributed by atoms with E-state index in [1.165, 1.54) is 0 Å². The lowest BCUT2D eigenvalue weighted by molar-refractivity contribution is -0.0142. The molecule has 11 nitrogen and oxygen atoms in total. The largest absolute Gasteiger partial charge is 0.460 e. The van der Waals surface area contributed by atoms with Crippen LogP contribution in [0, 0.1) is 13.8 Å². The third-order valence-corrected chi connectivity index (χ3v) is 7.78. The van der Waals surface area contributed by atoms with E-state index >= 15 is 0 Å². The number of hydrogen-bond donors (Lipinski definition) is 1. The zero-order chi connectivity index (χ0) is 28.2. The molecule has 0 unspecified atom stereocenters. The highest BCUT2D eigenvalue weighted by Gasteiger charge is 2.45. The van der Waals surface area contributed by atoms with Gasteiger partial charge in [-0.05, 0) is 31.5 Å². The summed E-state index contributed by atoms with van der Waals surface area (Å²) in [6.45, 7) is 4.59. The molecule has 1 atom stereocenters. The van der Waals surface area contributed by atoms with Gasteiger partial charge in [-0.3, -0.25) is 9.59 Å². The highest BCUT2D eigenvalue weighted by atomic mass is 16.5. The van der Waals surface area contributed by atoms with Gasteiger partial charge in [-0.1, -0.05) is 0 Å². The number of hydrogen-bond acceptors (Lipinski definition) is 7. The molecule has 0 bridgehead atoms. The first-order valence-corrected chi connectivity index (χ1v) is 13.0. The summed E-state index contributed by atoms with van der Waals surface area (Å²) >= 11 is 0. The van der Waals surface area contributed by atoms with E-state index in [1.54, 1.807) is 73.4 Å². The van der Waals surface area contributed by atoms with Gasteiger partial charge in [0.05, 0.1) is 23.9 Å². The first-order valence-electron chi connectivity index (χ1n) is 13.0. The van der Waals surface area contributed by atoms with E-state index in [0.29, 0.717) is 64.4 Å². The minimum Gasteiger partial charge on any atom is -0.460 e. The molecule has 11 heteroatoms. The smallest absolute Gasteiger partial charge is 0.255 e. The van der Waals surface area contributed by atoms with E-state index in [-0.39, 0.29) is 11.8 Å². The van der Waals surface area contributed by atoms with Crippen molar-refractivity contribution in [2.75, 3.05) is 27.2 Å². The molecule has 1 N–H and O–H groups in total. The molecule has 1 saturated heterocycles. The molecule has 2 amide bonds. The second-order valence-corrected chi connectivity index (χ2v) is 10.1. The lowest BCUT2D eigenvalue weighted by Gasteiger charge is -2.27. The summed E-state index contributed by atoms with van der Waals surface area (Å²) in [4.78, 5) is 32.3. The average molecular weight is 543 g/mol. The Balaban J connectivity index is 1.30. The normalized spacial score (nSPS) is 17.2. The van der Waals surface area contributed by atoms with Gasteiger partial charge in [0, 0.05) is 70.3 Å². The quantitative estimate of drug-likeness (QED) is 0.345. The molecule has 0 radical (unpaired) electrons. The topological polar surface area (TPSA) is 116 Å². The molecule has 5 heterocycles. The van der Waals surface area contributed by atoms with Gasteiger partial charge in [0.15, 0.2) is 5.75 Å². The third-order valence-electron chi connectivity index (χ3n) is 7.78. The number of ether oxygens (including phenoxy) is 2. The number of aromatic nitrogens is 4.